The van der Waals surface area contributed by atoms with E-state index in [0.29, 0.717) is 24.5 Å². The number of carbonyl (C=O) groups excluding carboxylic acids is 1. The summed E-state index contributed by atoms with van der Waals surface area (Å²) < 4.78 is 11.3. The molecule has 0 spiro atoms. The predicted molar refractivity (Wildman–Crippen MR) is 117 cm³/mol. The van der Waals surface area contributed by atoms with Crippen molar-refractivity contribution in [3.8, 4) is 5.75 Å². The number of benzene rings is 2. The molecule has 6 heteroatoms. The van der Waals surface area contributed by atoms with Crippen LogP contribution in [-0.4, -0.2) is 50.3 Å². The van der Waals surface area contributed by atoms with E-state index in [9.17, 15) is 4.79 Å². The van der Waals surface area contributed by atoms with Crippen LogP contribution in [0.15, 0.2) is 53.2 Å². The molecule has 1 saturated heterocycles. The lowest BCUT2D eigenvalue weighted by molar-refractivity contribution is 0.0163. The Labute approximate surface area is 175 Å². The highest BCUT2D eigenvalue weighted by Gasteiger charge is 2.25. The zero-order chi connectivity index (χ0) is 20.1. The summed E-state index contributed by atoms with van der Waals surface area (Å²) >= 11 is 1.68. The van der Waals surface area contributed by atoms with E-state index in [1.54, 1.807) is 11.3 Å². The third-order valence-electron chi connectivity index (χ3n) is 5.29. The largest absolute Gasteiger partial charge is 0.493 e. The molecule has 0 aliphatic carbocycles. The molecule has 1 aromatic heterocycles. The molecule has 2 heterocycles. The number of amides is 1. The van der Waals surface area contributed by atoms with E-state index in [0.717, 1.165) is 37.1 Å². The Bertz CT molecular complexity index is 952. The number of ether oxygens (including phenoxy) is 2. The minimum atomic E-state index is -0.0984. The Kier molecular flexibility index (Phi) is 6.44. The Hall–Kier alpha value is -2.41. The van der Waals surface area contributed by atoms with Gasteiger partial charge in [0.2, 0.25) is 0 Å². The summed E-state index contributed by atoms with van der Waals surface area (Å²) in [6.45, 7) is 6.19. The second-order valence-corrected chi connectivity index (χ2v) is 7.80. The molecule has 1 amide bonds. The van der Waals surface area contributed by atoms with Gasteiger partial charge in [-0.25, -0.2) is 0 Å². The Morgan fingerprint density at radius 3 is 2.79 bits per heavy atom. The monoisotopic (exact) mass is 410 g/mol. The van der Waals surface area contributed by atoms with E-state index >= 15 is 0 Å². The first-order valence-electron chi connectivity index (χ1n) is 10.0. The minimum absolute atomic E-state index is 0.0984. The lowest BCUT2D eigenvalue weighted by Gasteiger charge is -2.34. The lowest BCUT2D eigenvalue weighted by Crippen LogP contribution is -2.43. The van der Waals surface area contributed by atoms with Crippen LogP contribution in [0.5, 0.6) is 5.75 Å². The van der Waals surface area contributed by atoms with Crippen LogP contribution in [0.1, 0.15) is 28.9 Å². The molecule has 3 aromatic rings. The van der Waals surface area contributed by atoms with Crippen LogP contribution in [0.2, 0.25) is 0 Å². The smallest absolute Gasteiger partial charge is 0.255 e. The van der Waals surface area contributed by atoms with Crippen molar-refractivity contribution >= 4 is 28.0 Å². The van der Waals surface area contributed by atoms with Gasteiger partial charge in [-0.15, -0.1) is 0 Å². The highest BCUT2D eigenvalue weighted by molar-refractivity contribution is 7.08. The summed E-state index contributed by atoms with van der Waals surface area (Å²) in [6, 6.07) is 14.1. The fraction of sp³-hybridized carbons (Fsp3) is 0.348. The van der Waals surface area contributed by atoms with Gasteiger partial charge in [0.25, 0.3) is 5.91 Å². The molecule has 0 saturated carbocycles. The highest BCUT2D eigenvalue weighted by atomic mass is 32.1. The topological polar surface area (TPSA) is 50.8 Å². The van der Waals surface area contributed by atoms with Gasteiger partial charge >= 0.3 is 0 Å². The van der Waals surface area contributed by atoms with Crippen LogP contribution < -0.4 is 10.1 Å². The van der Waals surface area contributed by atoms with Gasteiger partial charge in [0.15, 0.2) is 0 Å². The second kappa shape index (κ2) is 9.39. The van der Waals surface area contributed by atoms with E-state index in [1.165, 1.54) is 5.56 Å². The van der Waals surface area contributed by atoms with Crippen LogP contribution in [-0.2, 0) is 4.74 Å². The average Bonchev–Trinajstić information content (AvgIpc) is 3.29. The Morgan fingerprint density at radius 1 is 1.21 bits per heavy atom. The summed E-state index contributed by atoms with van der Waals surface area (Å²) in [6.07, 6.45) is 0. The minimum Gasteiger partial charge on any atom is -0.493 e. The first-order chi connectivity index (χ1) is 14.3. The molecule has 5 nitrogen and oxygen atoms in total. The van der Waals surface area contributed by atoms with Crippen molar-refractivity contribution in [3.63, 3.8) is 0 Å². The molecule has 29 heavy (non-hydrogen) atoms. The molecule has 152 valence electrons. The average molecular weight is 411 g/mol. The van der Waals surface area contributed by atoms with Crippen LogP contribution >= 0.6 is 11.3 Å². The van der Waals surface area contributed by atoms with Crippen molar-refractivity contribution in [2.24, 2.45) is 0 Å². The number of nitrogens with zero attached hydrogens (tertiary/aromatic N) is 1. The van der Waals surface area contributed by atoms with E-state index in [-0.39, 0.29) is 11.9 Å². The fourth-order valence-electron chi connectivity index (χ4n) is 3.85. The Morgan fingerprint density at radius 2 is 2.03 bits per heavy atom. The van der Waals surface area contributed by atoms with Gasteiger partial charge in [0.1, 0.15) is 5.75 Å². The molecular weight excluding hydrogens is 384 g/mol. The number of hydrogen-bond donors (Lipinski definition) is 1. The van der Waals surface area contributed by atoms with Crippen molar-refractivity contribution in [2.45, 2.75) is 13.0 Å². The maximum Gasteiger partial charge on any atom is 0.255 e. The van der Waals surface area contributed by atoms with Gasteiger partial charge in [-0.05, 0) is 46.2 Å². The lowest BCUT2D eigenvalue weighted by atomic mass is 10.0. The number of nitrogens with one attached hydrogen (secondary N) is 1. The van der Waals surface area contributed by atoms with Gasteiger partial charge in [-0.3, -0.25) is 9.69 Å². The van der Waals surface area contributed by atoms with Gasteiger partial charge in [-0.2, -0.15) is 11.3 Å². The molecule has 0 bridgehead atoms. The maximum absolute atomic E-state index is 13.3. The summed E-state index contributed by atoms with van der Waals surface area (Å²) in [5, 5.41) is 9.37. The molecule has 0 radical (unpaired) electrons. The second-order valence-electron chi connectivity index (χ2n) is 7.02. The molecule has 1 unspecified atom stereocenters. The van der Waals surface area contributed by atoms with Crippen molar-refractivity contribution < 1.29 is 14.3 Å². The quantitative estimate of drug-likeness (QED) is 0.637. The maximum atomic E-state index is 13.3. The van der Waals surface area contributed by atoms with Crippen molar-refractivity contribution in [1.82, 2.24) is 10.2 Å². The fourth-order valence-corrected chi connectivity index (χ4v) is 4.56. The van der Waals surface area contributed by atoms with Crippen LogP contribution in [0.25, 0.3) is 10.8 Å². The van der Waals surface area contributed by atoms with Gasteiger partial charge < -0.3 is 14.8 Å². The number of carbonyl (C=O) groups is 1. The van der Waals surface area contributed by atoms with Gasteiger partial charge in [-0.1, -0.05) is 30.3 Å². The van der Waals surface area contributed by atoms with Crippen LogP contribution in [0.4, 0.5) is 0 Å². The molecule has 4 rings (SSSR count). The van der Waals surface area contributed by atoms with Crippen molar-refractivity contribution in [2.75, 3.05) is 39.5 Å². The van der Waals surface area contributed by atoms with Crippen LogP contribution in [0, 0.1) is 0 Å². The number of morpholine rings is 1. The first kappa shape index (κ1) is 19.9. The molecule has 1 aliphatic heterocycles. The summed E-state index contributed by atoms with van der Waals surface area (Å²) in [4.78, 5) is 15.7. The highest BCUT2D eigenvalue weighted by Crippen LogP contribution is 2.29. The summed E-state index contributed by atoms with van der Waals surface area (Å²) in [5.41, 5.74) is 1.84. The number of thiophene rings is 1. The molecular formula is C23H26N2O3S. The summed E-state index contributed by atoms with van der Waals surface area (Å²) in [5.74, 6) is 0.529. The van der Waals surface area contributed by atoms with E-state index < -0.39 is 0 Å². The van der Waals surface area contributed by atoms with Crippen LogP contribution in [0.3, 0.4) is 0 Å². The molecule has 1 aliphatic rings. The first-order valence-corrected chi connectivity index (χ1v) is 11.0. The van der Waals surface area contributed by atoms with Crippen molar-refractivity contribution in [1.29, 1.82) is 0 Å². The normalized spacial score (nSPS) is 15.9. The number of rotatable bonds is 7. The zero-order valence-corrected chi connectivity index (χ0v) is 17.4. The third kappa shape index (κ3) is 4.45. The molecule has 1 fully saturated rings. The third-order valence-corrected chi connectivity index (χ3v) is 5.99. The van der Waals surface area contributed by atoms with Gasteiger partial charge in [0, 0.05) is 19.6 Å². The van der Waals surface area contributed by atoms with E-state index in [2.05, 4.69) is 27.0 Å². The standard InChI is InChI=1S/C23H26N2O3S/c1-2-28-21-8-7-17-5-3-4-6-19(17)22(21)23(26)24-15-20(18-9-14-29-16-18)25-10-12-27-13-11-25/h3-9,14,16,20H,2,10-13,15H2,1H3,(H,24,26). The molecule has 1 N–H and O–H groups in total. The molecule has 2 aromatic carbocycles. The van der Waals surface area contributed by atoms with Gasteiger partial charge in [0.05, 0.1) is 31.4 Å². The van der Waals surface area contributed by atoms with E-state index in [4.69, 9.17) is 9.47 Å². The van der Waals surface area contributed by atoms with E-state index in [1.807, 2.05) is 43.3 Å². The SMILES string of the molecule is CCOc1ccc2ccccc2c1C(=O)NCC(c1ccsc1)N1CCOCC1. The Balaban J connectivity index is 1.59. The zero-order valence-electron chi connectivity index (χ0n) is 16.6. The predicted octanol–water partition coefficient (Wildman–Crippen LogP) is 4.10. The molecule has 1 atom stereocenters. The van der Waals surface area contributed by atoms with Crippen molar-refractivity contribution in [3.05, 3.63) is 64.4 Å². The summed E-state index contributed by atoms with van der Waals surface area (Å²) in [7, 11) is 0. The number of fused-ring (bicyclic) bond motifs is 1. The number of hydrogen-bond acceptors (Lipinski definition) is 5.